The van der Waals surface area contributed by atoms with Crippen LogP contribution >= 0.6 is 50.7 Å². The SMILES string of the molecule is NC(=S)N/N=C/c1cc(Br)c(I)o1. The number of hydrogen-bond donors (Lipinski definition) is 2. The van der Waals surface area contributed by atoms with E-state index in [1.807, 2.05) is 0 Å². The first kappa shape index (κ1) is 10.9. The van der Waals surface area contributed by atoms with Crippen LogP contribution in [0.4, 0.5) is 0 Å². The zero-order valence-electron chi connectivity index (χ0n) is 6.25. The number of nitrogens with two attached hydrogens (primary N) is 1. The van der Waals surface area contributed by atoms with E-state index in [0.717, 1.165) is 8.24 Å². The summed E-state index contributed by atoms with van der Waals surface area (Å²) in [5, 5.41) is 3.86. The predicted molar refractivity (Wildman–Crippen MR) is 66.6 cm³/mol. The fourth-order valence-electron chi connectivity index (χ4n) is 0.586. The average Bonchev–Trinajstić information content (AvgIpc) is 2.30. The second-order valence-electron chi connectivity index (χ2n) is 2.00. The number of nitrogens with one attached hydrogen (secondary N) is 1. The normalized spacial score (nSPS) is 10.6. The van der Waals surface area contributed by atoms with Crippen LogP contribution in [-0.2, 0) is 0 Å². The van der Waals surface area contributed by atoms with Gasteiger partial charge in [-0.3, -0.25) is 5.43 Å². The van der Waals surface area contributed by atoms with Gasteiger partial charge in [0.25, 0.3) is 0 Å². The second-order valence-corrected chi connectivity index (χ2v) is 4.28. The third-order valence-electron chi connectivity index (χ3n) is 1.03. The van der Waals surface area contributed by atoms with E-state index in [4.69, 9.17) is 10.2 Å². The first-order chi connectivity index (χ1) is 6.09. The summed E-state index contributed by atoms with van der Waals surface area (Å²) in [7, 11) is 0. The van der Waals surface area contributed by atoms with Crippen LogP contribution in [0.25, 0.3) is 0 Å². The lowest BCUT2D eigenvalue weighted by Gasteiger charge is -1.91. The third-order valence-corrected chi connectivity index (χ3v) is 3.25. The summed E-state index contributed by atoms with van der Waals surface area (Å²) < 4.78 is 6.93. The molecule has 13 heavy (non-hydrogen) atoms. The number of thiocarbonyl (C=S) groups is 1. The fourth-order valence-corrected chi connectivity index (χ4v) is 1.36. The summed E-state index contributed by atoms with van der Waals surface area (Å²) >= 11 is 9.92. The van der Waals surface area contributed by atoms with Gasteiger partial charge in [-0.15, -0.1) is 0 Å². The van der Waals surface area contributed by atoms with Crippen molar-refractivity contribution >= 4 is 62.1 Å². The van der Waals surface area contributed by atoms with Crippen LogP contribution in [0.3, 0.4) is 0 Å². The Hall–Kier alpha value is -0.150. The monoisotopic (exact) mass is 373 g/mol. The number of rotatable bonds is 2. The van der Waals surface area contributed by atoms with E-state index in [-0.39, 0.29) is 5.11 Å². The van der Waals surface area contributed by atoms with Gasteiger partial charge >= 0.3 is 0 Å². The Labute approximate surface area is 102 Å². The molecule has 0 atom stereocenters. The van der Waals surface area contributed by atoms with Gasteiger partial charge in [-0.25, -0.2) is 0 Å². The zero-order chi connectivity index (χ0) is 9.84. The highest BCUT2D eigenvalue weighted by molar-refractivity contribution is 14.1. The molecule has 0 radical (unpaired) electrons. The maximum absolute atomic E-state index is 5.26. The molecule has 1 heterocycles. The largest absolute Gasteiger partial charge is 0.448 e. The van der Waals surface area contributed by atoms with E-state index in [1.54, 1.807) is 6.07 Å². The van der Waals surface area contributed by atoms with E-state index in [9.17, 15) is 0 Å². The van der Waals surface area contributed by atoms with Gasteiger partial charge in [0.15, 0.2) is 8.88 Å². The lowest BCUT2D eigenvalue weighted by Crippen LogP contribution is -2.23. The first-order valence-electron chi connectivity index (χ1n) is 3.13. The molecular formula is C6H5BrIN3OS. The van der Waals surface area contributed by atoms with Crippen LogP contribution in [0.2, 0.25) is 0 Å². The van der Waals surface area contributed by atoms with E-state index in [1.165, 1.54) is 6.21 Å². The van der Waals surface area contributed by atoms with Crippen molar-refractivity contribution in [3.05, 3.63) is 20.1 Å². The molecule has 0 saturated heterocycles. The van der Waals surface area contributed by atoms with Crippen molar-refractivity contribution in [2.75, 3.05) is 0 Å². The highest BCUT2D eigenvalue weighted by Gasteiger charge is 2.02. The predicted octanol–water partition coefficient (Wildman–Crippen LogP) is 1.81. The van der Waals surface area contributed by atoms with Crippen LogP contribution in [-0.4, -0.2) is 11.3 Å². The summed E-state index contributed by atoms with van der Waals surface area (Å²) in [5.41, 5.74) is 7.58. The molecule has 0 spiro atoms. The summed E-state index contributed by atoms with van der Waals surface area (Å²) in [6.45, 7) is 0. The second kappa shape index (κ2) is 4.91. The summed E-state index contributed by atoms with van der Waals surface area (Å²) in [6, 6.07) is 1.80. The van der Waals surface area contributed by atoms with Gasteiger partial charge in [-0.05, 0) is 28.1 Å². The van der Waals surface area contributed by atoms with E-state index in [2.05, 4.69) is 61.3 Å². The van der Waals surface area contributed by atoms with Crippen molar-refractivity contribution < 1.29 is 4.42 Å². The molecule has 0 fully saturated rings. The quantitative estimate of drug-likeness (QED) is 0.359. The molecule has 0 amide bonds. The van der Waals surface area contributed by atoms with Crippen LogP contribution in [0.15, 0.2) is 20.1 Å². The maximum atomic E-state index is 5.26. The minimum atomic E-state index is 0.122. The van der Waals surface area contributed by atoms with Crippen molar-refractivity contribution in [3.63, 3.8) is 0 Å². The van der Waals surface area contributed by atoms with Crippen LogP contribution in [0.1, 0.15) is 5.76 Å². The molecule has 0 aliphatic carbocycles. The molecule has 0 unspecified atom stereocenters. The highest BCUT2D eigenvalue weighted by atomic mass is 127. The molecule has 3 N–H and O–H groups in total. The van der Waals surface area contributed by atoms with Gasteiger partial charge < -0.3 is 10.2 Å². The van der Waals surface area contributed by atoms with Gasteiger partial charge in [-0.1, -0.05) is 0 Å². The van der Waals surface area contributed by atoms with Gasteiger partial charge in [0.1, 0.15) is 5.76 Å². The highest BCUT2D eigenvalue weighted by Crippen LogP contribution is 2.21. The van der Waals surface area contributed by atoms with Crippen LogP contribution in [0, 0.1) is 3.77 Å². The standard InChI is InChI=1S/C6H5BrIN3OS/c7-4-1-3(12-5(4)8)2-10-11-6(9)13/h1-2H,(H3,9,11,13)/b10-2+. The van der Waals surface area contributed by atoms with Crippen molar-refractivity contribution in [3.8, 4) is 0 Å². The molecule has 0 aliphatic rings. The lowest BCUT2D eigenvalue weighted by atomic mass is 10.5. The number of hydrazone groups is 1. The minimum absolute atomic E-state index is 0.122. The fraction of sp³-hybridized carbons (Fsp3) is 0. The lowest BCUT2D eigenvalue weighted by molar-refractivity contribution is 0.529. The number of nitrogens with zero attached hydrogens (tertiary/aromatic N) is 1. The third kappa shape index (κ3) is 3.61. The van der Waals surface area contributed by atoms with Crippen molar-refractivity contribution in [2.45, 2.75) is 0 Å². The van der Waals surface area contributed by atoms with Crippen molar-refractivity contribution in [1.82, 2.24) is 5.43 Å². The molecular weight excluding hydrogens is 369 g/mol. The Morgan fingerprint density at radius 3 is 3.00 bits per heavy atom. The maximum Gasteiger partial charge on any atom is 0.184 e. The Morgan fingerprint density at radius 1 is 1.85 bits per heavy atom. The number of halogens is 2. The van der Waals surface area contributed by atoms with Crippen LogP contribution < -0.4 is 11.2 Å². The average molecular weight is 374 g/mol. The number of furan rings is 1. The molecule has 0 saturated carbocycles. The Morgan fingerprint density at radius 2 is 2.54 bits per heavy atom. The smallest absolute Gasteiger partial charge is 0.184 e. The van der Waals surface area contributed by atoms with Gasteiger partial charge in [0, 0.05) is 28.7 Å². The van der Waals surface area contributed by atoms with E-state index >= 15 is 0 Å². The number of hydrogen-bond acceptors (Lipinski definition) is 3. The Kier molecular flexibility index (Phi) is 4.13. The summed E-state index contributed by atoms with van der Waals surface area (Å²) in [4.78, 5) is 0. The first-order valence-corrected chi connectivity index (χ1v) is 5.41. The minimum Gasteiger partial charge on any atom is -0.448 e. The molecule has 7 heteroatoms. The summed E-state index contributed by atoms with van der Waals surface area (Å²) in [6.07, 6.45) is 1.49. The molecule has 4 nitrogen and oxygen atoms in total. The topological polar surface area (TPSA) is 63.5 Å². The van der Waals surface area contributed by atoms with Gasteiger partial charge in [-0.2, -0.15) is 5.10 Å². The van der Waals surface area contributed by atoms with Crippen LogP contribution in [0.5, 0.6) is 0 Å². The molecule has 1 aromatic heterocycles. The van der Waals surface area contributed by atoms with Gasteiger partial charge in [0.2, 0.25) is 0 Å². The Balaban J connectivity index is 2.64. The molecule has 0 bridgehead atoms. The van der Waals surface area contributed by atoms with Gasteiger partial charge in [0.05, 0.1) is 10.7 Å². The van der Waals surface area contributed by atoms with E-state index < -0.39 is 0 Å². The summed E-state index contributed by atoms with van der Waals surface area (Å²) in [5.74, 6) is 0.625. The molecule has 1 rings (SSSR count). The van der Waals surface area contributed by atoms with Crippen molar-refractivity contribution in [2.24, 2.45) is 10.8 Å². The molecule has 0 aromatic carbocycles. The Bertz CT molecular complexity index is 332. The molecule has 70 valence electrons. The molecule has 1 aromatic rings. The van der Waals surface area contributed by atoms with E-state index in [0.29, 0.717) is 5.76 Å². The zero-order valence-corrected chi connectivity index (χ0v) is 10.8. The molecule has 0 aliphatic heterocycles. The van der Waals surface area contributed by atoms with Crippen molar-refractivity contribution in [1.29, 1.82) is 0 Å².